The topological polar surface area (TPSA) is 68.5 Å². The van der Waals surface area contributed by atoms with E-state index in [-0.39, 0.29) is 16.9 Å². The third-order valence-corrected chi connectivity index (χ3v) is 5.48. The van der Waals surface area contributed by atoms with Crippen molar-refractivity contribution >= 4 is 45.8 Å². The average Bonchev–Trinajstić information content (AvgIpc) is 2.78. The summed E-state index contributed by atoms with van der Waals surface area (Å²) in [6, 6.07) is 19.1. The van der Waals surface area contributed by atoms with E-state index in [9.17, 15) is 9.59 Å². The first kappa shape index (κ1) is 21.9. The normalized spacial score (nSPS) is 11.9. The van der Waals surface area contributed by atoms with Gasteiger partial charge in [-0.15, -0.1) is 0 Å². The van der Waals surface area contributed by atoms with E-state index in [4.69, 9.17) is 32.4 Å². The molecule has 0 radical (unpaired) electrons. The quantitative estimate of drug-likeness (QED) is 0.364. The molecular formula is C25H19Cl2NO4. The molecule has 0 unspecified atom stereocenters. The van der Waals surface area contributed by atoms with E-state index in [2.05, 4.69) is 5.32 Å². The number of benzene rings is 3. The maximum atomic E-state index is 13.3. The standard InChI is InChI=1S/C25H19Cl2NO4/c1-14-7-9-16(10-8-14)23-24(22(29)18-13-17(26)11-12-21(18)32-23)31-15(2)25(30)28-20-6-4-3-5-19(20)27/h3-13,15H,1-2H3,(H,28,30)/t15-/m1/s1. The largest absolute Gasteiger partial charge is 0.473 e. The number of hydrogen-bond donors (Lipinski definition) is 1. The van der Waals surface area contributed by atoms with Crippen LogP contribution in [-0.2, 0) is 4.79 Å². The van der Waals surface area contributed by atoms with Crippen LogP contribution in [0.25, 0.3) is 22.3 Å². The van der Waals surface area contributed by atoms with Gasteiger partial charge in [0, 0.05) is 10.6 Å². The Morgan fingerprint density at radius 1 is 1.03 bits per heavy atom. The fourth-order valence-electron chi connectivity index (χ4n) is 3.18. The van der Waals surface area contributed by atoms with Crippen molar-refractivity contribution in [2.24, 2.45) is 0 Å². The van der Waals surface area contributed by atoms with Gasteiger partial charge in [-0.3, -0.25) is 9.59 Å². The number of amides is 1. The van der Waals surface area contributed by atoms with Gasteiger partial charge in [-0.25, -0.2) is 0 Å². The van der Waals surface area contributed by atoms with Crippen molar-refractivity contribution in [3.63, 3.8) is 0 Å². The zero-order chi connectivity index (χ0) is 22.8. The lowest BCUT2D eigenvalue weighted by molar-refractivity contribution is -0.122. The molecule has 0 spiro atoms. The molecule has 0 aliphatic rings. The van der Waals surface area contributed by atoms with Crippen LogP contribution in [0.2, 0.25) is 10.0 Å². The van der Waals surface area contributed by atoms with Crippen LogP contribution >= 0.6 is 23.2 Å². The number of aryl methyl sites for hydroxylation is 1. The highest BCUT2D eigenvalue weighted by molar-refractivity contribution is 6.33. The Kier molecular flexibility index (Phi) is 6.21. The predicted molar refractivity (Wildman–Crippen MR) is 128 cm³/mol. The fraction of sp³-hybridized carbons (Fsp3) is 0.120. The van der Waals surface area contributed by atoms with Gasteiger partial charge in [0.05, 0.1) is 16.1 Å². The number of carbonyl (C=O) groups excluding carboxylic acids is 1. The first-order chi connectivity index (χ1) is 15.3. The monoisotopic (exact) mass is 467 g/mol. The van der Waals surface area contributed by atoms with Crippen LogP contribution in [-0.4, -0.2) is 12.0 Å². The van der Waals surface area contributed by atoms with E-state index >= 15 is 0 Å². The summed E-state index contributed by atoms with van der Waals surface area (Å²) in [5.74, 6) is -0.286. The Morgan fingerprint density at radius 2 is 1.75 bits per heavy atom. The molecule has 5 nitrogen and oxygen atoms in total. The molecule has 7 heteroatoms. The highest BCUT2D eigenvalue weighted by Gasteiger charge is 2.23. The maximum absolute atomic E-state index is 13.3. The van der Waals surface area contributed by atoms with E-state index in [1.807, 2.05) is 31.2 Å². The van der Waals surface area contributed by atoms with Crippen LogP contribution in [0.1, 0.15) is 12.5 Å². The molecule has 0 saturated heterocycles. The second-order valence-corrected chi connectivity index (χ2v) is 8.17. The molecule has 0 fully saturated rings. The Labute approximate surface area is 194 Å². The van der Waals surface area contributed by atoms with Crippen molar-refractivity contribution in [2.75, 3.05) is 5.32 Å². The van der Waals surface area contributed by atoms with E-state index in [0.717, 1.165) is 5.56 Å². The summed E-state index contributed by atoms with van der Waals surface area (Å²) in [7, 11) is 0. The summed E-state index contributed by atoms with van der Waals surface area (Å²) >= 11 is 12.2. The SMILES string of the molecule is Cc1ccc(-c2oc3ccc(Cl)cc3c(=O)c2O[C@H](C)C(=O)Nc2ccccc2Cl)cc1. The maximum Gasteiger partial charge on any atom is 0.265 e. The van der Waals surface area contributed by atoms with Gasteiger partial charge in [0.2, 0.25) is 11.2 Å². The van der Waals surface area contributed by atoms with E-state index in [0.29, 0.717) is 26.9 Å². The molecule has 1 amide bonds. The molecule has 1 heterocycles. The summed E-state index contributed by atoms with van der Waals surface area (Å²) in [5.41, 5.74) is 2.11. The van der Waals surface area contributed by atoms with Crippen molar-refractivity contribution in [1.82, 2.24) is 0 Å². The minimum atomic E-state index is -1.00. The lowest BCUT2D eigenvalue weighted by Crippen LogP contribution is -2.32. The van der Waals surface area contributed by atoms with Crippen molar-refractivity contribution in [1.29, 1.82) is 0 Å². The second kappa shape index (κ2) is 9.07. The summed E-state index contributed by atoms with van der Waals surface area (Å²) in [6.45, 7) is 3.51. The van der Waals surface area contributed by atoms with Gasteiger partial charge in [-0.1, -0.05) is 65.2 Å². The highest BCUT2D eigenvalue weighted by Crippen LogP contribution is 2.32. The zero-order valence-electron chi connectivity index (χ0n) is 17.3. The van der Waals surface area contributed by atoms with Crippen molar-refractivity contribution < 1.29 is 13.9 Å². The Hall–Kier alpha value is -3.28. The van der Waals surface area contributed by atoms with Crippen molar-refractivity contribution in [2.45, 2.75) is 20.0 Å². The number of nitrogens with one attached hydrogen (secondary N) is 1. The Balaban J connectivity index is 1.76. The van der Waals surface area contributed by atoms with Gasteiger partial charge in [0.15, 0.2) is 11.9 Å². The van der Waals surface area contributed by atoms with Gasteiger partial charge in [0.1, 0.15) is 5.58 Å². The van der Waals surface area contributed by atoms with Crippen LogP contribution < -0.4 is 15.5 Å². The van der Waals surface area contributed by atoms with Gasteiger partial charge >= 0.3 is 0 Å². The number of ether oxygens (including phenoxy) is 1. The van der Waals surface area contributed by atoms with Crippen LogP contribution in [0.4, 0.5) is 5.69 Å². The lowest BCUT2D eigenvalue weighted by Gasteiger charge is -2.17. The first-order valence-electron chi connectivity index (χ1n) is 9.89. The van der Waals surface area contributed by atoms with Gasteiger partial charge in [-0.2, -0.15) is 0 Å². The van der Waals surface area contributed by atoms with E-state index in [1.54, 1.807) is 43.3 Å². The lowest BCUT2D eigenvalue weighted by atomic mass is 10.1. The van der Waals surface area contributed by atoms with Gasteiger partial charge in [0.25, 0.3) is 5.91 Å². The first-order valence-corrected chi connectivity index (χ1v) is 10.6. The molecule has 32 heavy (non-hydrogen) atoms. The van der Waals surface area contributed by atoms with Crippen molar-refractivity contribution in [3.05, 3.63) is 92.6 Å². The minimum Gasteiger partial charge on any atom is -0.473 e. The number of carbonyl (C=O) groups is 1. The summed E-state index contributed by atoms with van der Waals surface area (Å²) < 4.78 is 11.9. The third kappa shape index (κ3) is 4.49. The average molecular weight is 468 g/mol. The third-order valence-electron chi connectivity index (χ3n) is 4.92. The van der Waals surface area contributed by atoms with Crippen LogP contribution in [0.15, 0.2) is 75.9 Å². The summed E-state index contributed by atoms with van der Waals surface area (Å²) in [4.78, 5) is 26.1. The molecule has 0 aliphatic carbocycles. The summed E-state index contributed by atoms with van der Waals surface area (Å²) in [5, 5.41) is 3.77. The Bertz CT molecular complexity index is 1360. The molecular weight excluding hydrogens is 449 g/mol. The second-order valence-electron chi connectivity index (χ2n) is 7.33. The number of anilines is 1. The van der Waals surface area contributed by atoms with E-state index in [1.165, 1.54) is 6.07 Å². The van der Waals surface area contributed by atoms with E-state index < -0.39 is 17.4 Å². The number of fused-ring (bicyclic) bond motifs is 1. The van der Waals surface area contributed by atoms with Crippen LogP contribution in [0.3, 0.4) is 0 Å². The molecule has 3 aromatic carbocycles. The fourth-order valence-corrected chi connectivity index (χ4v) is 3.53. The van der Waals surface area contributed by atoms with Crippen LogP contribution in [0.5, 0.6) is 5.75 Å². The van der Waals surface area contributed by atoms with Crippen molar-refractivity contribution in [3.8, 4) is 17.1 Å². The Morgan fingerprint density at radius 3 is 2.47 bits per heavy atom. The molecule has 1 atom stereocenters. The highest BCUT2D eigenvalue weighted by atomic mass is 35.5. The molecule has 1 aromatic heterocycles. The summed E-state index contributed by atoms with van der Waals surface area (Å²) in [6.07, 6.45) is -1.00. The zero-order valence-corrected chi connectivity index (χ0v) is 18.8. The molecule has 4 aromatic rings. The molecule has 0 aliphatic heterocycles. The van der Waals surface area contributed by atoms with Gasteiger partial charge in [-0.05, 0) is 44.2 Å². The van der Waals surface area contributed by atoms with Gasteiger partial charge < -0.3 is 14.5 Å². The molecule has 1 N–H and O–H groups in total. The predicted octanol–water partition coefficient (Wildman–Crippen LogP) is 6.48. The minimum absolute atomic E-state index is 0.0644. The molecule has 4 rings (SSSR count). The number of halogens is 2. The number of para-hydroxylation sites is 1. The number of hydrogen-bond acceptors (Lipinski definition) is 4. The molecule has 162 valence electrons. The molecule has 0 bridgehead atoms. The smallest absolute Gasteiger partial charge is 0.265 e. The van der Waals surface area contributed by atoms with Crippen LogP contribution in [0, 0.1) is 6.92 Å². The number of rotatable bonds is 5. The molecule has 0 saturated carbocycles.